The van der Waals surface area contributed by atoms with Gasteiger partial charge >= 0.3 is 0 Å². The normalized spacial score (nSPS) is 19.0. The zero-order valence-corrected chi connectivity index (χ0v) is 12.3. The van der Waals surface area contributed by atoms with E-state index in [2.05, 4.69) is 46.1 Å². The summed E-state index contributed by atoms with van der Waals surface area (Å²) in [7, 11) is 0. The molecule has 0 saturated heterocycles. The number of hydrogen-bond acceptors (Lipinski definition) is 2. The molecule has 2 rings (SSSR count). The van der Waals surface area contributed by atoms with Crippen molar-refractivity contribution in [1.29, 1.82) is 0 Å². The second-order valence-corrected chi connectivity index (χ2v) is 6.29. The molecule has 1 saturated carbocycles. The van der Waals surface area contributed by atoms with Crippen molar-refractivity contribution >= 4 is 15.9 Å². The minimum Gasteiger partial charge on any atom is -0.313 e. The average Bonchev–Trinajstić information content (AvgIpc) is 3.04. The van der Waals surface area contributed by atoms with Gasteiger partial charge < -0.3 is 5.32 Å². The minimum absolute atomic E-state index is 0.511. The molecule has 0 radical (unpaired) electrons. The number of aromatic nitrogens is 1. The van der Waals surface area contributed by atoms with Crippen molar-refractivity contribution in [3.05, 3.63) is 28.5 Å². The van der Waals surface area contributed by atoms with Crippen molar-refractivity contribution < 1.29 is 0 Å². The van der Waals surface area contributed by atoms with E-state index in [9.17, 15) is 0 Å². The van der Waals surface area contributed by atoms with Crippen LogP contribution < -0.4 is 5.32 Å². The van der Waals surface area contributed by atoms with Crippen LogP contribution in [0.3, 0.4) is 0 Å². The number of hydrogen-bond donors (Lipinski definition) is 1. The Hall–Kier alpha value is -0.410. The molecule has 0 amide bonds. The molecule has 1 aliphatic rings. The van der Waals surface area contributed by atoms with Gasteiger partial charge in [0.2, 0.25) is 0 Å². The Balaban J connectivity index is 2.02. The van der Waals surface area contributed by atoms with Crippen LogP contribution in [-0.4, -0.2) is 17.6 Å². The Bertz CT molecular complexity index is 374. The Morgan fingerprint density at radius 3 is 2.82 bits per heavy atom. The van der Waals surface area contributed by atoms with Gasteiger partial charge in [0.1, 0.15) is 0 Å². The molecule has 17 heavy (non-hydrogen) atoms. The largest absolute Gasteiger partial charge is 0.313 e. The van der Waals surface area contributed by atoms with E-state index in [1.165, 1.54) is 24.8 Å². The molecule has 3 heteroatoms. The Morgan fingerprint density at radius 2 is 2.24 bits per heavy atom. The maximum atomic E-state index is 4.25. The molecule has 1 aromatic rings. The van der Waals surface area contributed by atoms with E-state index in [1.54, 1.807) is 0 Å². The molecule has 1 N–H and O–H groups in total. The summed E-state index contributed by atoms with van der Waals surface area (Å²) in [6.45, 7) is 5.73. The van der Waals surface area contributed by atoms with Gasteiger partial charge in [-0.3, -0.25) is 4.98 Å². The van der Waals surface area contributed by atoms with Crippen LogP contribution in [0.2, 0.25) is 0 Å². The van der Waals surface area contributed by atoms with E-state index in [0.717, 1.165) is 17.4 Å². The van der Waals surface area contributed by atoms with Crippen LogP contribution in [-0.2, 0) is 6.42 Å². The predicted molar refractivity (Wildman–Crippen MR) is 75.1 cm³/mol. The molecule has 94 valence electrons. The third-order valence-corrected chi connectivity index (χ3v) is 4.16. The van der Waals surface area contributed by atoms with Gasteiger partial charge in [-0.2, -0.15) is 0 Å². The van der Waals surface area contributed by atoms with Crippen LogP contribution in [0.5, 0.6) is 0 Å². The molecule has 1 unspecified atom stereocenters. The summed E-state index contributed by atoms with van der Waals surface area (Å²) in [6, 6.07) is 2.78. The average molecular weight is 297 g/mol. The summed E-state index contributed by atoms with van der Waals surface area (Å²) < 4.78 is 1.07. The molecule has 1 fully saturated rings. The molecule has 0 aromatic carbocycles. The first-order chi connectivity index (χ1) is 8.14. The fourth-order valence-electron chi connectivity index (χ4n) is 2.23. The Morgan fingerprint density at radius 1 is 1.47 bits per heavy atom. The topological polar surface area (TPSA) is 24.9 Å². The molecule has 2 nitrogen and oxygen atoms in total. The Labute approximate surface area is 112 Å². The highest BCUT2D eigenvalue weighted by Gasteiger charge is 2.44. The van der Waals surface area contributed by atoms with E-state index in [4.69, 9.17) is 0 Å². The summed E-state index contributed by atoms with van der Waals surface area (Å²) in [6.07, 6.45) is 8.83. The van der Waals surface area contributed by atoms with Gasteiger partial charge in [-0.25, -0.2) is 0 Å². The van der Waals surface area contributed by atoms with Gasteiger partial charge in [-0.1, -0.05) is 13.8 Å². The van der Waals surface area contributed by atoms with Crippen molar-refractivity contribution in [3.8, 4) is 0 Å². The third kappa shape index (κ3) is 3.52. The molecule has 0 aliphatic heterocycles. The van der Waals surface area contributed by atoms with Crippen LogP contribution in [0.15, 0.2) is 22.9 Å². The van der Waals surface area contributed by atoms with Gasteiger partial charge in [-0.15, -0.1) is 0 Å². The maximum Gasteiger partial charge on any atom is 0.0410 e. The smallest absolute Gasteiger partial charge is 0.0410 e. The van der Waals surface area contributed by atoms with Gasteiger partial charge in [-0.05, 0) is 65.2 Å². The summed E-state index contributed by atoms with van der Waals surface area (Å²) in [5.74, 6) is 0. The molecule has 1 aliphatic carbocycles. The van der Waals surface area contributed by atoms with E-state index < -0.39 is 0 Å². The highest BCUT2D eigenvalue weighted by molar-refractivity contribution is 9.10. The van der Waals surface area contributed by atoms with E-state index in [-0.39, 0.29) is 0 Å². The van der Waals surface area contributed by atoms with Crippen LogP contribution in [0.1, 0.15) is 38.7 Å². The number of rotatable bonds is 6. The van der Waals surface area contributed by atoms with Crippen molar-refractivity contribution in [3.63, 3.8) is 0 Å². The van der Waals surface area contributed by atoms with Gasteiger partial charge in [0.05, 0.1) is 0 Å². The number of halogens is 1. The number of pyridine rings is 1. The zero-order valence-electron chi connectivity index (χ0n) is 10.7. The summed E-state index contributed by atoms with van der Waals surface area (Å²) in [5, 5.41) is 3.70. The highest BCUT2D eigenvalue weighted by Crippen LogP contribution is 2.48. The number of nitrogens with one attached hydrogen (secondary N) is 1. The lowest BCUT2D eigenvalue weighted by Crippen LogP contribution is -2.38. The number of nitrogens with zero attached hydrogens (tertiary/aromatic N) is 1. The molecule has 0 bridgehead atoms. The SMILES string of the molecule is CCCNC(Cc1cncc(Br)c1)C1(C)CC1. The fourth-order valence-corrected chi connectivity index (χ4v) is 2.64. The molecule has 1 atom stereocenters. The van der Waals surface area contributed by atoms with Gasteiger partial charge in [0, 0.05) is 22.9 Å². The highest BCUT2D eigenvalue weighted by atomic mass is 79.9. The molecule has 0 spiro atoms. The van der Waals surface area contributed by atoms with Crippen molar-refractivity contribution in [2.24, 2.45) is 5.41 Å². The quantitative estimate of drug-likeness (QED) is 0.868. The summed E-state index contributed by atoms with van der Waals surface area (Å²) in [5.41, 5.74) is 1.83. The van der Waals surface area contributed by atoms with Crippen molar-refractivity contribution in [1.82, 2.24) is 10.3 Å². The van der Waals surface area contributed by atoms with E-state index >= 15 is 0 Å². The molecular weight excluding hydrogens is 276 g/mol. The zero-order chi connectivity index (χ0) is 12.3. The van der Waals surface area contributed by atoms with Crippen LogP contribution in [0, 0.1) is 5.41 Å². The standard InChI is InChI=1S/C14H21BrN2/c1-3-6-17-13(14(2)4-5-14)8-11-7-12(15)10-16-9-11/h7,9-10,13,17H,3-6,8H2,1-2H3. The lowest BCUT2D eigenvalue weighted by Gasteiger charge is -2.25. The first kappa shape index (κ1) is 13.0. The monoisotopic (exact) mass is 296 g/mol. The lowest BCUT2D eigenvalue weighted by molar-refractivity contribution is 0.354. The van der Waals surface area contributed by atoms with Crippen LogP contribution in [0.4, 0.5) is 0 Å². The summed E-state index contributed by atoms with van der Waals surface area (Å²) >= 11 is 3.49. The van der Waals surface area contributed by atoms with Crippen molar-refractivity contribution in [2.45, 2.75) is 45.6 Å². The van der Waals surface area contributed by atoms with E-state index in [1.807, 2.05) is 12.4 Å². The molecular formula is C14H21BrN2. The summed E-state index contributed by atoms with van der Waals surface area (Å²) in [4.78, 5) is 4.25. The molecule has 1 aromatic heterocycles. The maximum absolute atomic E-state index is 4.25. The van der Waals surface area contributed by atoms with Crippen molar-refractivity contribution in [2.75, 3.05) is 6.54 Å². The third-order valence-electron chi connectivity index (χ3n) is 3.72. The fraction of sp³-hybridized carbons (Fsp3) is 0.643. The first-order valence-electron chi connectivity index (χ1n) is 6.47. The molecule has 1 heterocycles. The second kappa shape index (κ2) is 5.49. The van der Waals surface area contributed by atoms with Crippen LogP contribution >= 0.6 is 15.9 Å². The minimum atomic E-state index is 0.511. The first-order valence-corrected chi connectivity index (χ1v) is 7.26. The van der Waals surface area contributed by atoms with Gasteiger partial charge in [0.15, 0.2) is 0 Å². The van der Waals surface area contributed by atoms with Gasteiger partial charge in [0.25, 0.3) is 0 Å². The van der Waals surface area contributed by atoms with E-state index in [0.29, 0.717) is 11.5 Å². The lowest BCUT2D eigenvalue weighted by atomic mass is 9.93. The Kier molecular flexibility index (Phi) is 4.21. The predicted octanol–water partition coefficient (Wildman–Crippen LogP) is 3.55. The van der Waals surface area contributed by atoms with Crippen LogP contribution in [0.25, 0.3) is 0 Å². The second-order valence-electron chi connectivity index (χ2n) is 5.38.